The molecule has 2 N–H and O–H groups in total. The normalized spacial score (nSPS) is 14.5. The van der Waals surface area contributed by atoms with Crippen LogP contribution < -0.4 is 5.73 Å². The summed E-state index contributed by atoms with van der Waals surface area (Å²) in [6.07, 6.45) is 4.45. The minimum atomic E-state index is 0.0857. The summed E-state index contributed by atoms with van der Waals surface area (Å²) >= 11 is 6.46. The van der Waals surface area contributed by atoms with Crippen molar-refractivity contribution in [1.82, 2.24) is 0 Å². The molecule has 0 bridgehead atoms. The van der Waals surface area contributed by atoms with Crippen LogP contribution in [-0.4, -0.2) is 5.78 Å². The molecule has 2 aromatic heterocycles. The van der Waals surface area contributed by atoms with Gasteiger partial charge in [-0.2, -0.15) is 0 Å². The van der Waals surface area contributed by atoms with Gasteiger partial charge in [-0.3, -0.25) is 4.79 Å². The van der Waals surface area contributed by atoms with Crippen LogP contribution in [0.5, 0.6) is 0 Å². The van der Waals surface area contributed by atoms with Crippen LogP contribution in [0.1, 0.15) is 38.5 Å². The van der Waals surface area contributed by atoms with Crippen LogP contribution >= 0.6 is 38.6 Å². The molecule has 0 atom stereocenters. The van der Waals surface area contributed by atoms with E-state index in [9.17, 15) is 4.79 Å². The number of carbonyl (C=O) groups excluding carboxylic acids is 1. The molecule has 0 radical (unpaired) electrons. The van der Waals surface area contributed by atoms with Gasteiger partial charge in [-0.25, -0.2) is 0 Å². The molecule has 2 nitrogen and oxygen atoms in total. The number of halogens is 1. The molecule has 0 aromatic carbocycles. The lowest BCUT2D eigenvalue weighted by atomic mass is 9.93. The van der Waals surface area contributed by atoms with E-state index in [2.05, 4.69) is 15.9 Å². The van der Waals surface area contributed by atoms with Crippen molar-refractivity contribution in [3.63, 3.8) is 0 Å². The molecule has 0 saturated carbocycles. The van der Waals surface area contributed by atoms with Crippen molar-refractivity contribution in [3.05, 3.63) is 36.8 Å². The largest absolute Gasteiger partial charge is 0.390 e. The molecule has 5 heteroatoms. The lowest BCUT2D eigenvalue weighted by Gasteiger charge is -2.11. The first-order chi connectivity index (χ1) is 8.66. The number of nitrogen functional groups attached to an aromatic ring is 1. The van der Waals surface area contributed by atoms with Gasteiger partial charge < -0.3 is 5.73 Å². The zero-order valence-corrected chi connectivity index (χ0v) is 12.9. The van der Waals surface area contributed by atoms with Gasteiger partial charge in [0.2, 0.25) is 5.78 Å². The summed E-state index contributed by atoms with van der Waals surface area (Å²) in [5.74, 6) is 0.0857. The van der Waals surface area contributed by atoms with E-state index in [0.29, 0.717) is 5.00 Å². The third-order valence-corrected chi connectivity index (χ3v) is 5.97. The summed E-state index contributed by atoms with van der Waals surface area (Å²) in [4.78, 5) is 14.6. The van der Waals surface area contributed by atoms with E-state index in [0.717, 1.165) is 33.5 Å². The van der Waals surface area contributed by atoms with E-state index in [-0.39, 0.29) is 5.78 Å². The van der Waals surface area contributed by atoms with Gasteiger partial charge in [0.1, 0.15) is 0 Å². The average Bonchev–Trinajstić information content (AvgIpc) is 2.91. The number of nitrogens with two attached hydrogens (primary N) is 1. The lowest BCUT2D eigenvalue weighted by Crippen LogP contribution is -2.07. The first-order valence-electron chi connectivity index (χ1n) is 5.87. The molecular weight excluding hydrogens is 330 g/mol. The van der Waals surface area contributed by atoms with Crippen LogP contribution in [0.15, 0.2) is 15.9 Å². The Labute approximate surface area is 122 Å². The summed E-state index contributed by atoms with van der Waals surface area (Å²) in [6, 6.07) is 3.77. The number of carbonyl (C=O) groups is 1. The smallest absolute Gasteiger partial charge is 0.206 e. The molecule has 18 heavy (non-hydrogen) atoms. The minimum Gasteiger partial charge on any atom is -0.390 e. The van der Waals surface area contributed by atoms with E-state index in [1.54, 1.807) is 11.3 Å². The van der Waals surface area contributed by atoms with Gasteiger partial charge in [0.25, 0.3) is 0 Å². The maximum atomic E-state index is 12.5. The Morgan fingerprint density at radius 1 is 1.22 bits per heavy atom. The van der Waals surface area contributed by atoms with Crippen molar-refractivity contribution in [2.75, 3.05) is 5.73 Å². The molecule has 0 fully saturated rings. The predicted octanol–water partition coefficient (Wildman–Crippen LogP) is 4.26. The van der Waals surface area contributed by atoms with Gasteiger partial charge in [0.15, 0.2) is 0 Å². The number of hydrogen-bond donors (Lipinski definition) is 1. The Bertz CT molecular complexity index is 615. The maximum absolute atomic E-state index is 12.5. The van der Waals surface area contributed by atoms with Gasteiger partial charge in [0.05, 0.1) is 19.2 Å². The van der Waals surface area contributed by atoms with Crippen molar-refractivity contribution in [2.45, 2.75) is 25.7 Å². The van der Waals surface area contributed by atoms with Crippen molar-refractivity contribution in [3.8, 4) is 0 Å². The fourth-order valence-electron chi connectivity index (χ4n) is 2.40. The van der Waals surface area contributed by atoms with Gasteiger partial charge in [-0.05, 0) is 59.3 Å². The second kappa shape index (κ2) is 4.79. The number of fused-ring (bicyclic) bond motifs is 1. The Morgan fingerprint density at radius 2 is 2.00 bits per heavy atom. The fourth-order valence-corrected chi connectivity index (χ4v) is 4.89. The second-order valence-corrected chi connectivity index (χ2v) is 7.98. The molecule has 2 aromatic rings. The van der Waals surface area contributed by atoms with Crippen molar-refractivity contribution in [1.29, 1.82) is 0 Å². The summed E-state index contributed by atoms with van der Waals surface area (Å²) in [7, 11) is 0. The Kier molecular flexibility index (Phi) is 3.30. The molecule has 1 aliphatic carbocycles. The molecule has 3 rings (SSSR count). The summed E-state index contributed by atoms with van der Waals surface area (Å²) in [5.41, 5.74) is 8.03. The highest BCUT2D eigenvalue weighted by Crippen LogP contribution is 2.38. The SMILES string of the molecule is Nc1sc2c(c1C(=O)c1ccc(Br)s1)CCCC2. The molecule has 0 saturated heterocycles. The number of ketones is 1. The molecule has 0 amide bonds. The first kappa shape index (κ1) is 12.4. The molecule has 0 spiro atoms. The van der Waals surface area contributed by atoms with E-state index < -0.39 is 0 Å². The van der Waals surface area contributed by atoms with Crippen LogP contribution in [0.25, 0.3) is 0 Å². The van der Waals surface area contributed by atoms with Crippen molar-refractivity contribution in [2.24, 2.45) is 0 Å². The molecule has 0 unspecified atom stereocenters. The quantitative estimate of drug-likeness (QED) is 0.829. The van der Waals surface area contributed by atoms with Crippen LogP contribution in [0.3, 0.4) is 0 Å². The summed E-state index contributed by atoms with van der Waals surface area (Å²) in [6.45, 7) is 0. The number of rotatable bonds is 2. The highest BCUT2D eigenvalue weighted by Gasteiger charge is 2.25. The number of anilines is 1. The zero-order chi connectivity index (χ0) is 12.7. The van der Waals surface area contributed by atoms with Gasteiger partial charge in [-0.15, -0.1) is 22.7 Å². The lowest BCUT2D eigenvalue weighted by molar-refractivity contribution is 0.104. The monoisotopic (exact) mass is 341 g/mol. The second-order valence-electron chi connectivity index (χ2n) is 4.38. The van der Waals surface area contributed by atoms with Crippen LogP contribution in [0.4, 0.5) is 5.00 Å². The Hall–Kier alpha value is -0.650. The van der Waals surface area contributed by atoms with Crippen LogP contribution in [0, 0.1) is 0 Å². The maximum Gasteiger partial charge on any atom is 0.206 e. The highest BCUT2D eigenvalue weighted by atomic mass is 79.9. The number of hydrogen-bond acceptors (Lipinski definition) is 4. The molecular formula is C13H12BrNOS2. The average molecular weight is 342 g/mol. The molecule has 1 aliphatic rings. The van der Waals surface area contributed by atoms with Crippen LogP contribution in [-0.2, 0) is 12.8 Å². The fraction of sp³-hybridized carbons (Fsp3) is 0.308. The predicted molar refractivity (Wildman–Crippen MR) is 80.8 cm³/mol. The van der Waals surface area contributed by atoms with Gasteiger partial charge >= 0.3 is 0 Å². The summed E-state index contributed by atoms with van der Waals surface area (Å²) < 4.78 is 0.980. The number of thiophene rings is 2. The van der Waals surface area contributed by atoms with Gasteiger partial charge in [-0.1, -0.05) is 0 Å². The van der Waals surface area contributed by atoms with E-state index in [4.69, 9.17) is 5.73 Å². The zero-order valence-electron chi connectivity index (χ0n) is 9.66. The molecule has 94 valence electrons. The topological polar surface area (TPSA) is 43.1 Å². The third-order valence-electron chi connectivity index (χ3n) is 3.22. The van der Waals surface area contributed by atoms with Crippen molar-refractivity contribution >= 4 is 49.4 Å². The third kappa shape index (κ3) is 2.04. The highest BCUT2D eigenvalue weighted by molar-refractivity contribution is 9.11. The molecule has 0 aliphatic heterocycles. The van der Waals surface area contributed by atoms with Crippen molar-refractivity contribution < 1.29 is 4.79 Å². The Balaban J connectivity index is 2.06. The van der Waals surface area contributed by atoms with E-state index in [1.165, 1.54) is 28.2 Å². The van der Waals surface area contributed by atoms with E-state index in [1.807, 2.05) is 12.1 Å². The standard InChI is InChI=1S/C13H12BrNOS2/c14-10-6-5-9(17-10)12(16)11-7-3-1-2-4-8(7)18-13(11)15/h5-6H,1-4,15H2. The first-order valence-corrected chi connectivity index (χ1v) is 8.29. The van der Waals surface area contributed by atoms with E-state index >= 15 is 0 Å². The summed E-state index contributed by atoms with van der Waals surface area (Å²) in [5, 5.41) is 0.691. The Morgan fingerprint density at radius 3 is 2.72 bits per heavy atom. The van der Waals surface area contributed by atoms with Gasteiger partial charge in [0, 0.05) is 4.88 Å². The van der Waals surface area contributed by atoms with Crippen LogP contribution in [0.2, 0.25) is 0 Å². The number of aryl methyl sites for hydroxylation is 1. The minimum absolute atomic E-state index is 0.0857. The molecule has 2 heterocycles.